The number of hydrogen-bond acceptors (Lipinski definition) is 4. The molecule has 2 aliphatic heterocycles. The molecule has 0 radical (unpaired) electrons. The Hall–Kier alpha value is -0.650. The summed E-state index contributed by atoms with van der Waals surface area (Å²) in [6.45, 7) is 4.95. The Morgan fingerprint density at radius 2 is 2.12 bits per heavy atom. The molecule has 0 aromatic heterocycles. The lowest BCUT2D eigenvalue weighted by Gasteiger charge is -2.39. The van der Waals surface area contributed by atoms with Crippen LogP contribution in [0, 0.1) is 11.8 Å². The maximum atomic E-state index is 12.4. The lowest BCUT2D eigenvalue weighted by atomic mass is 9.88. The zero-order chi connectivity index (χ0) is 12.3. The van der Waals surface area contributed by atoms with Gasteiger partial charge in [0.2, 0.25) is 5.91 Å². The van der Waals surface area contributed by atoms with Crippen molar-refractivity contribution in [2.24, 2.45) is 11.8 Å². The van der Waals surface area contributed by atoms with Crippen LogP contribution in [0.1, 0.15) is 13.3 Å². The largest absolute Gasteiger partial charge is 0.394 e. The summed E-state index contributed by atoms with van der Waals surface area (Å²) in [5.41, 5.74) is 0. The van der Waals surface area contributed by atoms with E-state index in [2.05, 4.69) is 6.92 Å². The Balaban J connectivity index is 2.01. The van der Waals surface area contributed by atoms with Gasteiger partial charge in [-0.05, 0) is 12.3 Å². The van der Waals surface area contributed by atoms with Crippen LogP contribution < -0.4 is 0 Å². The number of aliphatic hydroxyl groups excluding tert-OH is 1. The maximum Gasteiger partial charge on any atom is 0.226 e. The number of ether oxygens (including phenoxy) is 2. The molecule has 2 heterocycles. The molecule has 0 aromatic carbocycles. The van der Waals surface area contributed by atoms with Crippen molar-refractivity contribution in [3.05, 3.63) is 0 Å². The van der Waals surface area contributed by atoms with Gasteiger partial charge in [0.25, 0.3) is 0 Å². The molecule has 0 bridgehead atoms. The number of carbonyl (C=O) groups excluding carboxylic acids is 1. The smallest absolute Gasteiger partial charge is 0.226 e. The number of aliphatic hydroxyl groups is 1. The third-order valence-corrected chi connectivity index (χ3v) is 3.68. The number of nitrogens with zero attached hydrogens (tertiary/aromatic N) is 1. The van der Waals surface area contributed by atoms with Gasteiger partial charge >= 0.3 is 0 Å². The lowest BCUT2D eigenvalue weighted by Crippen LogP contribution is -2.54. The molecule has 0 saturated carbocycles. The lowest BCUT2D eigenvalue weighted by molar-refractivity contribution is -0.151. The second-order valence-electron chi connectivity index (χ2n) is 4.89. The van der Waals surface area contributed by atoms with Gasteiger partial charge in [-0.2, -0.15) is 0 Å². The molecule has 17 heavy (non-hydrogen) atoms. The Kier molecular flexibility index (Phi) is 4.36. The maximum absolute atomic E-state index is 12.4. The average molecular weight is 243 g/mol. The van der Waals surface area contributed by atoms with Crippen LogP contribution >= 0.6 is 0 Å². The number of morpholine rings is 1. The molecular formula is C12H21NO4. The molecule has 2 saturated heterocycles. The number of hydrogen-bond donors (Lipinski definition) is 1. The molecule has 1 N–H and O–H groups in total. The molecule has 98 valence electrons. The van der Waals surface area contributed by atoms with Gasteiger partial charge in [-0.3, -0.25) is 4.79 Å². The van der Waals surface area contributed by atoms with Crippen LogP contribution in [0.4, 0.5) is 0 Å². The zero-order valence-corrected chi connectivity index (χ0v) is 10.3. The van der Waals surface area contributed by atoms with Crippen LogP contribution in [0.5, 0.6) is 0 Å². The third kappa shape index (κ3) is 2.78. The quantitative estimate of drug-likeness (QED) is 0.734. The molecule has 2 aliphatic rings. The van der Waals surface area contributed by atoms with E-state index in [4.69, 9.17) is 9.47 Å². The highest BCUT2D eigenvalue weighted by Gasteiger charge is 2.35. The highest BCUT2D eigenvalue weighted by Crippen LogP contribution is 2.25. The van der Waals surface area contributed by atoms with Gasteiger partial charge in [0.15, 0.2) is 0 Å². The predicted octanol–water partition coefficient (Wildman–Crippen LogP) is -0.121. The van der Waals surface area contributed by atoms with Crippen molar-refractivity contribution < 1.29 is 19.4 Å². The second-order valence-corrected chi connectivity index (χ2v) is 4.89. The van der Waals surface area contributed by atoms with Crippen molar-refractivity contribution in [2.45, 2.75) is 19.4 Å². The predicted molar refractivity (Wildman–Crippen MR) is 61.5 cm³/mol. The molecule has 2 fully saturated rings. The summed E-state index contributed by atoms with van der Waals surface area (Å²) in [5, 5.41) is 9.28. The van der Waals surface area contributed by atoms with E-state index >= 15 is 0 Å². The first-order chi connectivity index (χ1) is 8.24. The second kappa shape index (κ2) is 5.80. The monoisotopic (exact) mass is 243 g/mol. The van der Waals surface area contributed by atoms with Crippen LogP contribution in [0.25, 0.3) is 0 Å². The molecule has 1 amide bonds. The summed E-state index contributed by atoms with van der Waals surface area (Å²) in [5.74, 6) is 0.456. The minimum absolute atomic E-state index is 0.0245. The van der Waals surface area contributed by atoms with Gasteiger partial charge in [0.1, 0.15) is 0 Å². The van der Waals surface area contributed by atoms with Crippen molar-refractivity contribution in [3.63, 3.8) is 0 Å². The minimum atomic E-state index is -0.175. The molecule has 5 heteroatoms. The fourth-order valence-electron chi connectivity index (χ4n) is 2.56. The van der Waals surface area contributed by atoms with E-state index in [1.54, 1.807) is 4.90 Å². The highest BCUT2D eigenvalue weighted by molar-refractivity contribution is 5.79. The molecular weight excluding hydrogens is 222 g/mol. The topological polar surface area (TPSA) is 59.0 Å². The summed E-state index contributed by atoms with van der Waals surface area (Å²) >= 11 is 0. The first-order valence-electron chi connectivity index (χ1n) is 6.31. The van der Waals surface area contributed by atoms with Gasteiger partial charge in [0.05, 0.1) is 25.9 Å². The van der Waals surface area contributed by atoms with Crippen LogP contribution in [0.15, 0.2) is 0 Å². The summed E-state index contributed by atoms with van der Waals surface area (Å²) in [4.78, 5) is 14.2. The highest BCUT2D eigenvalue weighted by atomic mass is 16.5. The van der Waals surface area contributed by atoms with E-state index in [0.717, 1.165) is 6.42 Å². The number of carbonyl (C=O) groups is 1. The van der Waals surface area contributed by atoms with Gasteiger partial charge in [-0.25, -0.2) is 0 Å². The third-order valence-electron chi connectivity index (χ3n) is 3.68. The summed E-state index contributed by atoms with van der Waals surface area (Å²) in [6.07, 6.45) is 0.787. The standard InChI is InChI=1S/C12H21NO4/c1-9-7-16-4-2-11(9)12(15)13-3-5-17-8-10(13)6-14/h9-11,14H,2-8H2,1H3. The summed E-state index contributed by atoms with van der Waals surface area (Å²) in [6, 6.07) is -0.175. The van der Waals surface area contributed by atoms with Crippen molar-refractivity contribution in [1.82, 2.24) is 4.90 Å². The number of rotatable bonds is 2. The Morgan fingerprint density at radius 3 is 2.82 bits per heavy atom. The van der Waals surface area contributed by atoms with Gasteiger partial charge < -0.3 is 19.5 Å². The van der Waals surface area contributed by atoms with E-state index in [-0.39, 0.29) is 30.4 Å². The fourth-order valence-corrected chi connectivity index (χ4v) is 2.56. The first-order valence-corrected chi connectivity index (χ1v) is 6.31. The first kappa shape index (κ1) is 12.8. The average Bonchev–Trinajstić information content (AvgIpc) is 2.38. The van der Waals surface area contributed by atoms with Gasteiger partial charge in [0, 0.05) is 25.7 Å². The van der Waals surface area contributed by atoms with E-state index < -0.39 is 0 Å². The fraction of sp³-hybridized carbons (Fsp3) is 0.917. The van der Waals surface area contributed by atoms with Crippen LogP contribution in [-0.4, -0.2) is 61.5 Å². The summed E-state index contributed by atoms with van der Waals surface area (Å²) < 4.78 is 10.6. The van der Waals surface area contributed by atoms with Gasteiger partial charge in [-0.15, -0.1) is 0 Å². The zero-order valence-electron chi connectivity index (χ0n) is 10.3. The van der Waals surface area contributed by atoms with Gasteiger partial charge in [-0.1, -0.05) is 6.92 Å². The molecule has 3 unspecified atom stereocenters. The summed E-state index contributed by atoms with van der Waals surface area (Å²) in [7, 11) is 0. The normalized spacial score (nSPS) is 34.7. The van der Waals surface area contributed by atoms with E-state index in [9.17, 15) is 9.90 Å². The van der Waals surface area contributed by atoms with E-state index in [1.807, 2.05) is 0 Å². The van der Waals surface area contributed by atoms with Crippen molar-refractivity contribution in [2.75, 3.05) is 39.6 Å². The van der Waals surface area contributed by atoms with Crippen molar-refractivity contribution in [1.29, 1.82) is 0 Å². The Bertz CT molecular complexity index is 271. The minimum Gasteiger partial charge on any atom is -0.394 e. The molecule has 5 nitrogen and oxygen atoms in total. The number of amides is 1. The van der Waals surface area contributed by atoms with Crippen LogP contribution in [-0.2, 0) is 14.3 Å². The van der Waals surface area contributed by atoms with Crippen molar-refractivity contribution in [3.8, 4) is 0 Å². The Morgan fingerprint density at radius 1 is 1.35 bits per heavy atom. The Labute approximate surface area is 102 Å². The van der Waals surface area contributed by atoms with Crippen LogP contribution in [0.2, 0.25) is 0 Å². The SMILES string of the molecule is CC1COCCC1C(=O)N1CCOCC1CO. The molecule has 3 atom stereocenters. The molecule has 0 aliphatic carbocycles. The van der Waals surface area contributed by atoms with Crippen molar-refractivity contribution >= 4 is 5.91 Å². The van der Waals surface area contributed by atoms with E-state index in [1.165, 1.54) is 0 Å². The molecule has 0 aromatic rings. The van der Waals surface area contributed by atoms with Crippen LogP contribution in [0.3, 0.4) is 0 Å². The molecule has 0 spiro atoms. The van der Waals surface area contributed by atoms with E-state index in [0.29, 0.717) is 33.0 Å². The molecule has 2 rings (SSSR count).